The summed E-state index contributed by atoms with van der Waals surface area (Å²) in [5, 5.41) is 4.92. The van der Waals surface area contributed by atoms with E-state index in [1.54, 1.807) is 23.5 Å². The Labute approximate surface area is 161 Å². The van der Waals surface area contributed by atoms with Crippen LogP contribution in [-0.2, 0) is 9.73 Å². The molecule has 0 saturated heterocycles. The van der Waals surface area contributed by atoms with Gasteiger partial charge in [-0.05, 0) is 54.1 Å². The molecule has 0 bridgehead atoms. The molecule has 2 aromatic heterocycles. The molecule has 4 N–H and O–H groups in total. The molecular weight excluding hydrogens is 380 g/mol. The molecule has 138 valence electrons. The minimum absolute atomic E-state index is 0.107. The van der Waals surface area contributed by atoms with E-state index in [1.807, 2.05) is 29.6 Å². The molecule has 0 aliphatic heterocycles. The van der Waals surface area contributed by atoms with E-state index in [0.717, 1.165) is 23.3 Å². The molecule has 1 amide bonds. The van der Waals surface area contributed by atoms with Crippen LogP contribution >= 0.6 is 11.3 Å². The number of anilines is 2. The lowest BCUT2D eigenvalue weighted by Crippen LogP contribution is -2.14. The molecule has 2 heterocycles. The van der Waals surface area contributed by atoms with Crippen LogP contribution in [-0.4, -0.2) is 20.3 Å². The Kier molecular flexibility index (Phi) is 4.45. The third-order valence-corrected chi connectivity index (χ3v) is 7.60. The molecule has 1 saturated carbocycles. The van der Waals surface area contributed by atoms with Crippen molar-refractivity contribution in [3.05, 3.63) is 59.6 Å². The molecule has 8 heteroatoms. The van der Waals surface area contributed by atoms with E-state index in [4.69, 9.17) is 10.5 Å². The molecule has 1 aromatic carbocycles. The van der Waals surface area contributed by atoms with E-state index in [2.05, 4.69) is 10.3 Å². The van der Waals surface area contributed by atoms with Crippen LogP contribution in [0, 0.1) is 4.78 Å². The maximum absolute atomic E-state index is 12.5. The molecule has 0 radical (unpaired) electrons. The standard InChI is InChI=1S/C19H18N4O2S2/c20-15-7-3-12(17-2-1-9-26-17)10-16(15)23-19(24)13-4-8-18(22-11-13)27(21,25)14-5-6-14/h1-4,7-11,14,21H,5-6,20H2,(H,23,24). The third-order valence-electron chi connectivity index (χ3n) is 4.41. The van der Waals surface area contributed by atoms with E-state index in [-0.39, 0.29) is 16.2 Å². The van der Waals surface area contributed by atoms with E-state index >= 15 is 0 Å². The number of nitrogens with two attached hydrogens (primary N) is 1. The maximum atomic E-state index is 12.5. The Hall–Kier alpha value is -2.71. The first-order valence-electron chi connectivity index (χ1n) is 8.43. The van der Waals surface area contributed by atoms with Gasteiger partial charge in [0.25, 0.3) is 5.91 Å². The SMILES string of the molecule is N=S(=O)(c1ccc(C(=O)Nc2cc(-c3cccs3)ccc2N)cn1)C1CC1. The van der Waals surface area contributed by atoms with Gasteiger partial charge in [-0.1, -0.05) is 12.1 Å². The van der Waals surface area contributed by atoms with Crippen LogP contribution in [0.4, 0.5) is 11.4 Å². The fourth-order valence-corrected chi connectivity index (χ4v) is 5.06. The predicted molar refractivity (Wildman–Crippen MR) is 109 cm³/mol. The van der Waals surface area contributed by atoms with Crippen LogP contribution < -0.4 is 11.1 Å². The number of amides is 1. The predicted octanol–water partition coefficient (Wildman–Crippen LogP) is 4.21. The Morgan fingerprint density at radius 1 is 1.26 bits per heavy atom. The van der Waals surface area contributed by atoms with Crippen molar-refractivity contribution in [1.29, 1.82) is 4.78 Å². The summed E-state index contributed by atoms with van der Waals surface area (Å²) in [6, 6.07) is 12.5. The molecule has 1 aliphatic carbocycles. The van der Waals surface area contributed by atoms with Crippen molar-refractivity contribution in [3.63, 3.8) is 0 Å². The van der Waals surface area contributed by atoms with Crippen LogP contribution in [0.15, 0.2) is 59.1 Å². The molecule has 6 nitrogen and oxygen atoms in total. The van der Waals surface area contributed by atoms with Crippen molar-refractivity contribution in [2.75, 3.05) is 11.1 Å². The average molecular weight is 399 g/mol. The summed E-state index contributed by atoms with van der Waals surface area (Å²) in [5.74, 6) is -0.355. The quantitative estimate of drug-likeness (QED) is 0.559. The molecule has 27 heavy (non-hydrogen) atoms. The zero-order chi connectivity index (χ0) is 19.0. The van der Waals surface area contributed by atoms with Gasteiger partial charge in [0, 0.05) is 16.3 Å². The van der Waals surface area contributed by atoms with Crippen molar-refractivity contribution < 1.29 is 9.00 Å². The van der Waals surface area contributed by atoms with Gasteiger partial charge in [-0.3, -0.25) is 4.79 Å². The summed E-state index contributed by atoms with van der Waals surface area (Å²) in [4.78, 5) is 17.7. The second kappa shape index (κ2) is 6.79. The number of nitrogen functional groups attached to an aromatic ring is 1. The lowest BCUT2D eigenvalue weighted by atomic mass is 10.1. The van der Waals surface area contributed by atoms with E-state index in [1.165, 1.54) is 12.3 Å². The summed E-state index contributed by atoms with van der Waals surface area (Å²) in [7, 11) is -2.87. The highest BCUT2D eigenvalue weighted by Gasteiger charge is 2.34. The van der Waals surface area contributed by atoms with Gasteiger partial charge in [0.15, 0.2) is 0 Å². The first kappa shape index (κ1) is 17.7. The summed E-state index contributed by atoms with van der Waals surface area (Å²) >= 11 is 1.61. The molecule has 1 aliphatic rings. The van der Waals surface area contributed by atoms with Gasteiger partial charge in [0.1, 0.15) is 5.03 Å². The number of carbonyl (C=O) groups is 1. The van der Waals surface area contributed by atoms with Gasteiger partial charge in [0.05, 0.1) is 26.7 Å². The van der Waals surface area contributed by atoms with Gasteiger partial charge in [-0.2, -0.15) is 0 Å². The molecule has 0 spiro atoms. The number of pyridine rings is 1. The highest BCUT2D eigenvalue weighted by molar-refractivity contribution is 7.93. The largest absolute Gasteiger partial charge is 0.397 e. The number of hydrogen-bond donors (Lipinski definition) is 3. The van der Waals surface area contributed by atoms with Crippen molar-refractivity contribution in [1.82, 2.24) is 4.98 Å². The van der Waals surface area contributed by atoms with Gasteiger partial charge in [0.2, 0.25) is 0 Å². The second-order valence-corrected chi connectivity index (χ2v) is 9.65. The van der Waals surface area contributed by atoms with Crippen LogP contribution in [0.25, 0.3) is 10.4 Å². The van der Waals surface area contributed by atoms with E-state index < -0.39 is 9.73 Å². The van der Waals surface area contributed by atoms with Gasteiger partial charge < -0.3 is 11.1 Å². The van der Waals surface area contributed by atoms with Gasteiger partial charge in [-0.25, -0.2) is 14.0 Å². The van der Waals surface area contributed by atoms with Crippen molar-refractivity contribution in [2.24, 2.45) is 0 Å². The normalized spacial score (nSPS) is 15.9. The number of nitrogens with zero attached hydrogens (tertiary/aromatic N) is 1. The molecule has 1 unspecified atom stereocenters. The zero-order valence-corrected chi connectivity index (χ0v) is 16.0. The molecule has 3 aromatic rings. The molecule has 1 fully saturated rings. The van der Waals surface area contributed by atoms with Gasteiger partial charge in [-0.15, -0.1) is 11.3 Å². The monoisotopic (exact) mass is 398 g/mol. The Bertz CT molecular complexity index is 1090. The molecule has 4 rings (SSSR count). The van der Waals surface area contributed by atoms with Crippen molar-refractivity contribution in [3.8, 4) is 10.4 Å². The van der Waals surface area contributed by atoms with Crippen LogP contribution in [0.2, 0.25) is 0 Å². The van der Waals surface area contributed by atoms with Gasteiger partial charge >= 0.3 is 0 Å². The summed E-state index contributed by atoms with van der Waals surface area (Å²) in [6.45, 7) is 0. The molecule has 1 atom stereocenters. The fourth-order valence-electron chi connectivity index (χ4n) is 2.72. The zero-order valence-electron chi connectivity index (χ0n) is 14.3. The Morgan fingerprint density at radius 3 is 2.70 bits per heavy atom. The van der Waals surface area contributed by atoms with Crippen LogP contribution in [0.1, 0.15) is 23.2 Å². The lowest BCUT2D eigenvalue weighted by molar-refractivity contribution is 0.102. The number of aromatic nitrogens is 1. The second-order valence-electron chi connectivity index (χ2n) is 6.42. The smallest absolute Gasteiger partial charge is 0.257 e. The molecular formula is C19H18N4O2S2. The maximum Gasteiger partial charge on any atom is 0.257 e. The summed E-state index contributed by atoms with van der Waals surface area (Å²) < 4.78 is 20.4. The highest BCUT2D eigenvalue weighted by Crippen LogP contribution is 2.33. The average Bonchev–Trinajstić information content (AvgIpc) is 3.40. The number of hydrogen-bond acceptors (Lipinski definition) is 6. The first-order chi connectivity index (χ1) is 12.9. The summed E-state index contributed by atoms with van der Waals surface area (Å²) in [6.07, 6.45) is 2.96. The topological polar surface area (TPSA) is 109 Å². The number of rotatable bonds is 5. The minimum Gasteiger partial charge on any atom is -0.397 e. The highest BCUT2D eigenvalue weighted by atomic mass is 32.2. The fraction of sp³-hybridized carbons (Fsp3) is 0.158. The number of nitrogens with one attached hydrogen (secondary N) is 2. The summed E-state index contributed by atoms with van der Waals surface area (Å²) in [5.41, 5.74) is 8.29. The Balaban J connectivity index is 1.55. The van der Waals surface area contributed by atoms with Crippen LogP contribution in [0.3, 0.4) is 0 Å². The minimum atomic E-state index is -2.87. The van der Waals surface area contributed by atoms with Crippen molar-refractivity contribution >= 4 is 38.3 Å². The number of carbonyl (C=O) groups excluding carboxylic acids is 1. The van der Waals surface area contributed by atoms with Crippen LogP contribution in [0.5, 0.6) is 0 Å². The Morgan fingerprint density at radius 2 is 2.07 bits per heavy atom. The lowest BCUT2D eigenvalue weighted by Gasteiger charge is -2.11. The number of benzene rings is 1. The van der Waals surface area contributed by atoms with E-state index in [0.29, 0.717) is 16.9 Å². The third kappa shape index (κ3) is 3.58. The van der Waals surface area contributed by atoms with E-state index in [9.17, 15) is 9.00 Å². The van der Waals surface area contributed by atoms with Crippen molar-refractivity contribution in [2.45, 2.75) is 23.1 Å². The number of thiophene rings is 1. The first-order valence-corrected chi connectivity index (χ1v) is 10.9.